The van der Waals surface area contributed by atoms with Crippen LogP contribution in [0.5, 0.6) is 17.4 Å². The number of aromatic nitrogens is 2. The number of hydrogen-bond acceptors (Lipinski definition) is 7. The molecule has 1 aliphatic rings. The highest BCUT2D eigenvalue weighted by Gasteiger charge is 2.34. The van der Waals surface area contributed by atoms with Gasteiger partial charge in [0, 0.05) is 24.7 Å². The number of pyridine rings is 1. The highest BCUT2D eigenvalue weighted by atomic mass is 16.5. The predicted octanol–water partition coefficient (Wildman–Crippen LogP) is 5.18. The van der Waals surface area contributed by atoms with Crippen molar-refractivity contribution in [2.24, 2.45) is 0 Å². The maximum atomic E-state index is 13.5. The lowest BCUT2D eigenvalue weighted by atomic mass is 9.85. The molecule has 4 aromatic rings. The Balaban J connectivity index is 1.46. The summed E-state index contributed by atoms with van der Waals surface area (Å²) in [5, 5.41) is 3.01. The van der Waals surface area contributed by atoms with Crippen LogP contribution in [-0.2, 0) is 19.4 Å². The summed E-state index contributed by atoms with van der Waals surface area (Å²) in [4.78, 5) is 23.8. The van der Waals surface area contributed by atoms with Crippen molar-refractivity contribution in [3.63, 3.8) is 0 Å². The van der Waals surface area contributed by atoms with E-state index in [4.69, 9.17) is 18.6 Å². The summed E-state index contributed by atoms with van der Waals surface area (Å²) in [6.07, 6.45) is 5.91. The third-order valence-corrected chi connectivity index (χ3v) is 7.21. The second-order valence-electron chi connectivity index (χ2n) is 9.82. The highest BCUT2D eigenvalue weighted by Crippen LogP contribution is 2.42. The molecule has 9 nitrogen and oxygen atoms in total. The molecule has 3 heterocycles. The van der Waals surface area contributed by atoms with Crippen LogP contribution in [-0.4, -0.2) is 48.3 Å². The van der Waals surface area contributed by atoms with Gasteiger partial charge in [0.15, 0.2) is 17.9 Å². The molecule has 2 aromatic heterocycles. The minimum atomic E-state index is -0.298. The molecule has 1 atom stereocenters. The fourth-order valence-electron chi connectivity index (χ4n) is 5.25. The van der Waals surface area contributed by atoms with E-state index < -0.39 is 0 Å². The van der Waals surface area contributed by atoms with E-state index >= 15 is 0 Å². The van der Waals surface area contributed by atoms with Crippen molar-refractivity contribution >= 4 is 6.03 Å². The lowest BCUT2D eigenvalue weighted by molar-refractivity contribution is 0.179. The second-order valence-corrected chi connectivity index (χ2v) is 9.82. The zero-order chi connectivity index (χ0) is 28.1. The highest BCUT2D eigenvalue weighted by molar-refractivity contribution is 5.76. The van der Waals surface area contributed by atoms with Gasteiger partial charge in [-0.3, -0.25) is 0 Å². The van der Waals surface area contributed by atoms with Crippen molar-refractivity contribution in [3.05, 3.63) is 100 Å². The first-order valence-corrected chi connectivity index (χ1v) is 13.3. The number of methoxy groups -OCH3 is 2. The molecule has 5 rings (SSSR count). The Morgan fingerprint density at radius 1 is 1.07 bits per heavy atom. The predicted molar refractivity (Wildman–Crippen MR) is 150 cm³/mol. The van der Waals surface area contributed by atoms with Crippen molar-refractivity contribution in [3.8, 4) is 17.4 Å². The Kier molecular flexibility index (Phi) is 8.19. The monoisotopic (exact) mass is 542 g/mol. The molecule has 1 unspecified atom stereocenters. The van der Waals surface area contributed by atoms with Crippen LogP contribution in [0.2, 0.25) is 0 Å². The third-order valence-electron chi connectivity index (χ3n) is 7.21. The Labute approximate surface area is 234 Å². The van der Waals surface area contributed by atoms with Crippen LogP contribution in [0.1, 0.15) is 45.1 Å². The van der Waals surface area contributed by atoms with Crippen molar-refractivity contribution in [2.75, 3.05) is 27.4 Å². The van der Waals surface area contributed by atoms with Crippen LogP contribution < -0.4 is 19.5 Å². The SMILES string of the molecule is COc1cc2c(cc1OCCc1cccnc1OC)C(c1ccc(C)cc1C)N(C(=O)NCc1cocn1)CC2. The lowest BCUT2D eigenvalue weighted by Crippen LogP contribution is -2.46. The number of fused-ring (bicyclic) bond motifs is 1. The number of rotatable bonds is 9. The van der Waals surface area contributed by atoms with Crippen LogP contribution in [0.3, 0.4) is 0 Å². The lowest BCUT2D eigenvalue weighted by Gasteiger charge is -2.38. The van der Waals surface area contributed by atoms with Crippen LogP contribution in [0.4, 0.5) is 4.79 Å². The van der Waals surface area contributed by atoms with Gasteiger partial charge in [0.05, 0.1) is 39.1 Å². The van der Waals surface area contributed by atoms with E-state index in [0.717, 1.165) is 27.8 Å². The molecule has 0 spiro atoms. The van der Waals surface area contributed by atoms with Crippen molar-refractivity contribution in [2.45, 2.75) is 39.3 Å². The van der Waals surface area contributed by atoms with Gasteiger partial charge in [-0.25, -0.2) is 14.8 Å². The van der Waals surface area contributed by atoms with E-state index in [-0.39, 0.29) is 18.6 Å². The molecule has 0 aliphatic carbocycles. The molecular weight excluding hydrogens is 508 g/mol. The quantitative estimate of drug-likeness (QED) is 0.311. The first-order valence-electron chi connectivity index (χ1n) is 13.3. The molecule has 0 saturated heterocycles. The first kappa shape index (κ1) is 27.1. The van der Waals surface area contributed by atoms with E-state index in [1.54, 1.807) is 20.4 Å². The number of nitrogens with one attached hydrogen (secondary N) is 1. The Morgan fingerprint density at radius 3 is 2.70 bits per heavy atom. The molecule has 0 fully saturated rings. The average molecular weight is 543 g/mol. The molecule has 2 amide bonds. The molecular formula is C31H34N4O5. The standard InChI is InChI=1S/C31H34N4O5/c1-20-7-8-25(21(2)14-20)29-26-16-28(40-13-10-22-6-5-11-32-30(22)38-4)27(37-3)15-23(26)9-12-35(29)31(36)33-17-24-18-39-19-34-24/h5-8,11,14-16,18-19,29H,9-10,12-13,17H2,1-4H3,(H,33,36). The summed E-state index contributed by atoms with van der Waals surface area (Å²) in [5.41, 5.74) is 7.13. The number of oxazole rings is 1. The molecule has 0 radical (unpaired) electrons. The summed E-state index contributed by atoms with van der Waals surface area (Å²) in [6, 6.07) is 13.8. The van der Waals surface area contributed by atoms with Gasteiger partial charge in [-0.2, -0.15) is 0 Å². The molecule has 2 aromatic carbocycles. The normalized spacial score (nSPS) is 14.4. The van der Waals surface area contributed by atoms with E-state index in [2.05, 4.69) is 47.3 Å². The smallest absolute Gasteiger partial charge is 0.318 e. The fraction of sp³-hybridized carbons (Fsp3) is 0.323. The summed E-state index contributed by atoms with van der Waals surface area (Å²) in [7, 11) is 3.26. The largest absolute Gasteiger partial charge is 0.493 e. The van der Waals surface area contributed by atoms with Gasteiger partial charge in [-0.1, -0.05) is 29.8 Å². The average Bonchev–Trinajstić information content (AvgIpc) is 3.49. The van der Waals surface area contributed by atoms with Gasteiger partial charge < -0.3 is 28.8 Å². The van der Waals surface area contributed by atoms with Crippen LogP contribution in [0.15, 0.2) is 65.7 Å². The van der Waals surface area contributed by atoms with Crippen LogP contribution in [0.25, 0.3) is 0 Å². The minimum Gasteiger partial charge on any atom is -0.493 e. The second kappa shape index (κ2) is 12.1. The van der Waals surface area contributed by atoms with Crippen LogP contribution in [0, 0.1) is 13.8 Å². The summed E-state index contributed by atoms with van der Waals surface area (Å²) < 4.78 is 22.4. The van der Waals surface area contributed by atoms with Gasteiger partial charge in [0.25, 0.3) is 0 Å². The Hall–Kier alpha value is -4.53. The third kappa shape index (κ3) is 5.73. The van der Waals surface area contributed by atoms with Crippen LogP contribution >= 0.6 is 0 Å². The van der Waals surface area contributed by atoms with E-state index in [0.29, 0.717) is 49.1 Å². The molecule has 0 bridgehead atoms. The number of carbonyl (C=O) groups excluding carboxylic acids is 1. The minimum absolute atomic E-state index is 0.166. The topological polar surface area (TPSA) is 99.0 Å². The number of nitrogens with zero attached hydrogens (tertiary/aromatic N) is 3. The van der Waals surface area contributed by atoms with E-state index in [1.807, 2.05) is 29.2 Å². The number of carbonyl (C=O) groups is 1. The fourth-order valence-corrected chi connectivity index (χ4v) is 5.25. The van der Waals surface area contributed by atoms with Gasteiger partial charge in [0.1, 0.15) is 6.26 Å². The Bertz CT molecular complexity index is 1470. The van der Waals surface area contributed by atoms with Gasteiger partial charge >= 0.3 is 6.03 Å². The van der Waals surface area contributed by atoms with E-state index in [1.165, 1.54) is 18.2 Å². The number of ether oxygens (including phenoxy) is 3. The number of aryl methyl sites for hydroxylation is 2. The number of benzene rings is 2. The number of urea groups is 1. The molecule has 40 heavy (non-hydrogen) atoms. The number of amides is 2. The van der Waals surface area contributed by atoms with Gasteiger partial charge in [-0.05, 0) is 60.7 Å². The summed E-state index contributed by atoms with van der Waals surface area (Å²) in [6.45, 7) is 5.41. The van der Waals surface area contributed by atoms with Gasteiger partial charge in [0.2, 0.25) is 5.88 Å². The molecule has 208 valence electrons. The maximum absolute atomic E-state index is 13.5. The molecule has 9 heteroatoms. The van der Waals surface area contributed by atoms with Crippen molar-refractivity contribution in [1.82, 2.24) is 20.2 Å². The number of hydrogen-bond donors (Lipinski definition) is 1. The zero-order valence-electron chi connectivity index (χ0n) is 23.3. The zero-order valence-corrected chi connectivity index (χ0v) is 23.3. The van der Waals surface area contributed by atoms with E-state index in [9.17, 15) is 4.79 Å². The first-order chi connectivity index (χ1) is 19.5. The summed E-state index contributed by atoms with van der Waals surface area (Å²) >= 11 is 0. The molecule has 0 saturated carbocycles. The molecule has 1 aliphatic heterocycles. The van der Waals surface area contributed by atoms with Crippen molar-refractivity contribution in [1.29, 1.82) is 0 Å². The van der Waals surface area contributed by atoms with Crippen molar-refractivity contribution < 1.29 is 23.4 Å². The Morgan fingerprint density at radius 2 is 1.95 bits per heavy atom. The summed E-state index contributed by atoms with van der Waals surface area (Å²) in [5.74, 6) is 1.88. The molecule has 1 N–H and O–H groups in total. The van der Waals surface area contributed by atoms with Gasteiger partial charge in [-0.15, -0.1) is 0 Å². The maximum Gasteiger partial charge on any atom is 0.318 e.